The van der Waals surface area contributed by atoms with Crippen molar-refractivity contribution < 1.29 is 9.53 Å². The van der Waals surface area contributed by atoms with Gasteiger partial charge in [0.25, 0.3) is 0 Å². The number of fused-ring (bicyclic) bond motifs is 1. The molecule has 1 aliphatic rings. The maximum absolute atomic E-state index is 12.0. The molecule has 0 saturated heterocycles. The van der Waals surface area contributed by atoms with Gasteiger partial charge in [-0.3, -0.25) is 9.69 Å². The van der Waals surface area contributed by atoms with Crippen LogP contribution in [0.25, 0.3) is 0 Å². The third kappa shape index (κ3) is 2.63. The Balaban J connectivity index is 2.13. The van der Waals surface area contributed by atoms with Gasteiger partial charge >= 0.3 is 0 Å². The molecule has 2 N–H and O–H groups in total. The minimum absolute atomic E-state index is 0.00768. The SMILES string of the molecule is COCCN(C)C1Cc2ccc([NH])cc2NC1=O. The summed E-state index contributed by atoms with van der Waals surface area (Å²) in [7, 11) is 3.58. The van der Waals surface area contributed by atoms with Crippen LogP contribution in [0.5, 0.6) is 0 Å². The van der Waals surface area contributed by atoms with E-state index in [1.165, 1.54) is 0 Å². The first-order valence-electron chi connectivity index (χ1n) is 5.96. The lowest BCUT2D eigenvalue weighted by Crippen LogP contribution is -2.47. The van der Waals surface area contributed by atoms with E-state index < -0.39 is 0 Å². The van der Waals surface area contributed by atoms with Crippen LogP contribution >= 0.6 is 0 Å². The Bertz CT molecular complexity index is 448. The average Bonchev–Trinajstić information content (AvgIpc) is 2.35. The number of carbonyl (C=O) groups is 1. The van der Waals surface area contributed by atoms with Crippen molar-refractivity contribution in [3.63, 3.8) is 0 Å². The quantitative estimate of drug-likeness (QED) is 0.866. The summed E-state index contributed by atoms with van der Waals surface area (Å²) in [6.45, 7) is 1.33. The molecule has 1 aromatic carbocycles. The second kappa shape index (κ2) is 5.37. The predicted octanol–water partition coefficient (Wildman–Crippen LogP) is 1.04. The van der Waals surface area contributed by atoms with Crippen LogP contribution in [-0.2, 0) is 16.0 Å². The van der Waals surface area contributed by atoms with Crippen LogP contribution in [0.2, 0.25) is 0 Å². The second-order valence-electron chi connectivity index (χ2n) is 4.55. The summed E-state index contributed by atoms with van der Waals surface area (Å²) in [6.07, 6.45) is 0.682. The zero-order valence-electron chi connectivity index (χ0n) is 10.7. The van der Waals surface area contributed by atoms with Crippen molar-refractivity contribution in [1.29, 1.82) is 0 Å². The van der Waals surface area contributed by atoms with Crippen LogP contribution in [-0.4, -0.2) is 44.2 Å². The van der Waals surface area contributed by atoms with Gasteiger partial charge in [0.1, 0.15) is 0 Å². The minimum Gasteiger partial charge on any atom is -0.383 e. The van der Waals surface area contributed by atoms with Crippen molar-refractivity contribution in [1.82, 2.24) is 10.6 Å². The Hall–Kier alpha value is -1.59. The summed E-state index contributed by atoms with van der Waals surface area (Å²) in [4.78, 5) is 14.0. The zero-order chi connectivity index (χ0) is 13.1. The summed E-state index contributed by atoms with van der Waals surface area (Å²) in [5, 5.41) is 2.87. The van der Waals surface area contributed by atoms with E-state index in [9.17, 15) is 4.79 Å². The van der Waals surface area contributed by atoms with Gasteiger partial charge in [-0.2, -0.15) is 0 Å². The van der Waals surface area contributed by atoms with Gasteiger partial charge < -0.3 is 15.8 Å². The first-order chi connectivity index (χ1) is 8.61. The van der Waals surface area contributed by atoms with E-state index in [1.54, 1.807) is 19.2 Å². The number of methoxy groups -OCH3 is 1. The molecule has 0 aromatic heterocycles. The van der Waals surface area contributed by atoms with Crippen molar-refractivity contribution >= 4 is 17.3 Å². The standard InChI is InChI=1S/C13H18N3O2/c1-16(5-6-18-2)12-7-9-3-4-10(14)8-11(9)15-13(12)17/h3-4,8,12,14H,5-7H2,1-2H3,(H,15,17). The molecular formula is C13H18N3O2. The zero-order valence-corrected chi connectivity index (χ0v) is 10.7. The number of hydrogen-bond acceptors (Lipinski definition) is 3. The van der Waals surface area contributed by atoms with E-state index in [0.717, 1.165) is 17.8 Å². The van der Waals surface area contributed by atoms with Crippen LogP contribution in [0.15, 0.2) is 18.2 Å². The molecule has 1 atom stereocenters. The highest BCUT2D eigenvalue weighted by atomic mass is 16.5. The lowest BCUT2D eigenvalue weighted by Gasteiger charge is -2.31. The molecule has 1 unspecified atom stereocenters. The highest BCUT2D eigenvalue weighted by Crippen LogP contribution is 2.26. The van der Waals surface area contributed by atoms with Gasteiger partial charge in [-0.05, 0) is 31.2 Å². The predicted molar refractivity (Wildman–Crippen MR) is 69.8 cm³/mol. The number of benzene rings is 1. The summed E-state index contributed by atoms with van der Waals surface area (Å²) >= 11 is 0. The molecule has 0 fully saturated rings. The number of hydrogen-bond donors (Lipinski definition) is 1. The molecule has 5 heteroatoms. The molecule has 2 rings (SSSR count). The average molecular weight is 248 g/mol. The second-order valence-corrected chi connectivity index (χ2v) is 4.55. The molecule has 0 spiro atoms. The minimum atomic E-state index is -0.163. The summed E-state index contributed by atoms with van der Waals surface area (Å²) in [5.41, 5.74) is 9.82. The van der Waals surface area contributed by atoms with Crippen LogP contribution in [0.3, 0.4) is 0 Å². The molecule has 1 aliphatic heterocycles. The lowest BCUT2D eigenvalue weighted by molar-refractivity contribution is -0.121. The summed E-state index contributed by atoms with van der Waals surface area (Å²) in [5.74, 6) is -0.00768. The number of nitrogens with one attached hydrogen (secondary N) is 2. The van der Waals surface area contributed by atoms with Crippen molar-refractivity contribution in [2.75, 3.05) is 32.6 Å². The lowest BCUT2D eigenvalue weighted by atomic mass is 9.97. The molecule has 1 aromatic rings. The third-order valence-corrected chi connectivity index (χ3v) is 3.26. The molecule has 18 heavy (non-hydrogen) atoms. The van der Waals surface area contributed by atoms with Crippen LogP contribution in [0, 0.1) is 0 Å². The van der Waals surface area contributed by atoms with Gasteiger partial charge in [0, 0.05) is 19.3 Å². The van der Waals surface area contributed by atoms with Gasteiger partial charge in [0.15, 0.2) is 0 Å². The highest BCUT2D eigenvalue weighted by Gasteiger charge is 2.29. The van der Waals surface area contributed by atoms with Crippen molar-refractivity contribution in [3.8, 4) is 0 Å². The molecule has 0 aliphatic carbocycles. The van der Waals surface area contributed by atoms with Gasteiger partial charge in [0.05, 0.1) is 18.3 Å². The number of anilines is 1. The largest absolute Gasteiger partial charge is 0.383 e. The van der Waals surface area contributed by atoms with Crippen molar-refractivity contribution in [2.24, 2.45) is 0 Å². The maximum Gasteiger partial charge on any atom is 0.242 e. The van der Waals surface area contributed by atoms with E-state index in [-0.39, 0.29) is 11.9 Å². The number of likely N-dealkylation sites (N-methyl/N-ethyl adjacent to an activating group) is 1. The molecule has 1 amide bonds. The van der Waals surface area contributed by atoms with E-state index in [0.29, 0.717) is 18.7 Å². The number of rotatable bonds is 4. The Kier molecular flexibility index (Phi) is 3.84. The van der Waals surface area contributed by atoms with Crippen LogP contribution in [0.4, 0.5) is 11.4 Å². The van der Waals surface area contributed by atoms with Crippen LogP contribution in [0.1, 0.15) is 5.56 Å². The number of amides is 1. The molecule has 1 heterocycles. The highest BCUT2D eigenvalue weighted by molar-refractivity contribution is 5.98. The Morgan fingerprint density at radius 1 is 1.56 bits per heavy atom. The summed E-state index contributed by atoms with van der Waals surface area (Å²) < 4.78 is 5.03. The monoisotopic (exact) mass is 248 g/mol. The normalized spacial score (nSPS) is 18.6. The van der Waals surface area contributed by atoms with E-state index in [1.807, 2.05) is 18.0 Å². The number of carbonyl (C=O) groups excluding carboxylic acids is 1. The topological polar surface area (TPSA) is 65.4 Å². The molecule has 5 nitrogen and oxygen atoms in total. The molecule has 97 valence electrons. The third-order valence-electron chi connectivity index (χ3n) is 3.26. The summed E-state index contributed by atoms with van der Waals surface area (Å²) in [6, 6.07) is 5.19. The molecular weight excluding hydrogens is 230 g/mol. The Labute approximate surface area is 107 Å². The number of nitrogens with zero attached hydrogens (tertiary/aromatic N) is 1. The molecule has 0 saturated carbocycles. The van der Waals surface area contributed by atoms with Gasteiger partial charge in [-0.1, -0.05) is 6.07 Å². The smallest absolute Gasteiger partial charge is 0.242 e. The number of ether oxygens (including phenoxy) is 1. The fourth-order valence-corrected chi connectivity index (χ4v) is 2.13. The van der Waals surface area contributed by atoms with Gasteiger partial charge in [0.2, 0.25) is 5.91 Å². The van der Waals surface area contributed by atoms with E-state index in [2.05, 4.69) is 5.32 Å². The van der Waals surface area contributed by atoms with Crippen molar-refractivity contribution in [2.45, 2.75) is 12.5 Å². The Morgan fingerprint density at radius 2 is 2.33 bits per heavy atom. The fourth-order valence-electron chi connectivity index (χ4n) is 2.13. The fraction of sp³-hybridized carbons (Fsp3) is 0.462. The first kappa shape index (κ1) is 12.9. The van der Waals surface area contributed by atoms with Crippen molar-refractivity contribution in [3.05, 3.63) is 23.8 Å². The molecule has 0 bridgehead atoms. The maximum atomic E-state index is 12.0. The van der Waals surface area contributed by atoms with Gasteiger partial charge in [-0.25, -0.2) is 0 Å². The van der Waals surface area contributed by atoms with Crippen LogP contribution < -0.4 is 11.1 Å². The van der Waals surface area contributed by atoms with E-state index >= 15 is 0 Å². The van der Waals surface area contributed by atoms with Gasteiger partial charge in [-0.15, -0.1) is 0 Å². The molecule has 1 radical (unpaired) electrons. The first-order valence-corrected chi connectivity index (χ1v) is 5.96. The Morgan fingerprint density at radius 3 is 3.06 bits per heavy atom. The van der Waals surface area contributed by atoms with E-state index in [4.69, 9.17) is 10.5 Å².